The van der Waals surface area contributed by atoms with Crippen molar-refractivity contribution in [1.29, 1.82) is 5.26 Å². The summed E-state index contributed by atoms with van der Waals surface area (Å²) in [7, 11) is 0. The SMILES string of the molecule is N#CCC(N)(/C=C/c1ccc(F)cc1)CF. The molecule has 4 heteroatoms. The van der Waals surface area contributed by atoms with E-state index in [9.17, 15) is 8.78 Å². The van der Waals surface area contributed by atoms with Gasteiger partial charge in [0, 0.05) is 0 Å². The normalized spacial score (nSPS) is 14.6. The van der Waals surface area contributed by atoms with Crippen LogP contribution in [-0.2, 0) is 0 Å². The molecule has 0 fully saturated rings. The van der Waals surface area contributed by atoms with E-state index in [1.54, 1.807) is 18.2 Å². The van der Waals surface area contributed by atoms with E-state index < -0.39 is 12.2 Å². The lowest BCUT2D eigenvalue weighted by Crippen LogP contribution is -2.39. The molecule has 1 rings (SSSR count). The molecule has 0 aliphatic rings. The van der Waals surface area contributed by atoms with Crippen LogP contribution in [0.5, 0.6) is 0 Å². The van der Waals surface area contributed by atoms with Gasteiger partial charge >= 0.3 is 0 Å². The van der Waals surface area contributed by atoms with E-state index in [0.717, 1.165) is 0 Å². The lowest BCUT2D eigenvalue weighted by atomic mass is 9.97. The third-order valence-electron chi connectivity index (χ3n) is 2.13. The van der Waals surface area contributed by atoms with Crippen molar-refractivity contribution in [3.05, 3.63) is 41.7 Å². The molecule has 0 aliphatic heterocycles. The largest absolute Gasteiger partial charge is 0.319 e. The number of benzene rings is 1. The Labute approximate surface area is 93.0 Å². The summed E-state index contributed by atoms with van der Waals surface area (Å²) in [6, 6.07) is 7.54. The highest BCUT2D eigenvalue weighted by Crippen LogP contribution is 2.12. The molecule has 2 N–H and O–H groups in total. The number of alkyl halides is 1. The fourth-order valence-corrected chi connectivity index (χ4v) is 1.13. The molecule has 2 nitrogen and oxygen atoms in total. The Hall–Kier alpha value is -1.73. The quantitative estimate of drug-likeness (QED) is 0.850. The zero-order chi connectivity index (χ0) is 12.0. The van der Waals surface area contributed by atoms with Gasteiger partial charge in [-0.15, -0.1) is 0 Å². The van der Waals surface area contributed by atoms with Crippen LogP contribution in [0.4, 0.5) is 8.78 Å². The van der Waals surface area contributed by atoms with Gasteiger partial charge in [-0.05, 0) is 17.7 Å². The van der Waals surface area contributed by atoms with E-state index in [-0.39, 0.29) is 12.2 Å². The smallest absolute Gasteiger partial charge is 0.123 e. The molecule has 0 aromatic heterocycles. The van der Waals surface area contributed by atoms with Crippen LogP contribution in [0.2, 0.25) is 0 Å². The van der Waals surface area contributed by atoms with Crippen molar-refractivity contribution in [1.82, 2.24) is 0 Å². The molecule has 0 heterocycles. The van der Waals surface area contributed by atoms with Crippen molar-refractivity contribution in [2.24, 2.45) is 5.73 Å². The first kappa shape index (κ1) is 12.3. The van der Waals surface area contributed by atoms with E-state index in [1.165, 1.54) is 18.2 Å². The molecule has 0 amide bonds. The van der Waals surface area contributed by atoms with Gasteiger partial charge < -0.3 is 5.73 Å². The standard InChI is InChI=1S/C12H12F2N2/c13-9-12(16,7-8-15)6-5-10-1-3-11(14)4-2-10/h1-6H,7,9,16H2/b6-5+. The highest BCUT2D eigenvalue weighted by atomic mass is 19.1. The molecule has 1 atom stereocenters. The monoisotopic (exact) mass is 222 g/mol. The van der Waals surface area contributed by atoms with Crippen LogP contribution in [0.25, 0.3) is 6.08 Å². The minimum atomic E-state index is -1.26. The van der Waals surface area contributed by atoms with Crippen molar-refractivity contribution in [3.8, 4) is 6.07 Å². The van der Waals surface area contributed by atoms with E-state index in [1.807, 2.05) is 6.07 Å². The average Bonchev–Trinajstić information content (AvgIpc) is 2.29. The van der Waals surface area contributed by atoms with Gasteiger partial charge in [0.1, 0.15) is 12.5 Å². The van der Waals surface area contributed by atoms with Crippen molar-refractivity contribution >= 4 is 6.08 Å². The Balaban J connectivity index is 2.79. The maximum Gasteiger partial charge on any atom is 0.123 e. The van der Waals surface area contributed by atoms with Crippen LogP contribution >= 0.6 is 0 Å². The predicted molar refractivity (Wildman–Crippen MR) is 58.6 cm³/mol. The first-order valence-electron chi connectivity index (χ1n) is 4.76. The molecule has 0 aliphatic carbocycles. The van der Waals surface area contributed by atoms with Gasteiger partial charge in [-0.25, -0.2) is 8.78 Å². The molecule has 1 aromatic rings. The van der Waals surface area contributed by atoms with Gasteiger partial charge in [0.05, 0.1) is 18.0 Å². The van der Waals surface area contributed by atoms with Gasteiger partial charge in [-0.2, -0.15) is 5.26 Å². The Morgan fingerprint density at radius 1 is 1.38 bits per heavy atom. The Bertz CT molecular complexity index is 406. The number of halogens is 2. The van der Waals surface area contributed by atoms with Crippen molar-refractivity contribution < 1.29 is 8.78 Å². The van der Waals surface area contributed by atoms with E-state index in [4.69, 9.17) is 11.0 Å². The van der Waals surface area contributed by atoms with Gasteiger partial charge in [-0.1, -0.05) is 24.3 Å². The molecule has 16 heavy (non-hydrogen) atoms. The summed E-state index contributed by atoms with van der Waals surface area (Å²) in [6.45, 7) is -0.807. The lowest BCUT2D eigenvalue weighted by Gasteiger charge is -2.17. The number of hydrogen-bond donors (Lipinski definition) is 1. The Kier molecular flexibility index (Phi) is 4.15. The number of rotatable bonds is 4. The first-order valence-corrected chi connectivity index (χ1v) is 4.76. The molecule has 0 radical (unpaired) electrons. The second-order valence-corrected chi connectivity index (χ2v) is 3.59. The lowest BCUT2D eigenvalue weighted by molar-refractivity contribution is 0.366. The van der Waals surface area contributed by atoms with E-state index in [2.05, 4.69) is 0 Å². The molecule has 0 spiro atoms. The summed E-state index contributed by atoms with van der Waals surface area (Å²) in [6.07, 6.45) is 2.92. The predicted octanol–water partition coefficient (Wildman–Crippen LogP) is 2.42. The zero-order valence-electron chi connectivity index (χ0n) is 8.66. The molecule has 84 valence electrons. The van der Waals surface area contributed by atoms with Crippen molar-refractivity contribution in [2.45, 2.75) is 12.0 Å². The molecular formula is C12H12F2N2. The summed E-state index contributed by atoms with van der Waals surface area (Å²) in [5.41, 5.74) is 5.08. The minimum absolute atomic E-state index is 0.0960. The fraction of sp³-hybridized carbons (Fsp3) is 0.250. The molecule has 1 unspecified atom stereocenters. The van der Waals surface area contributed by atoms with Crippen molar-refractivity contribution in [3.63, 3.8) is 0 Å². The zero-order valence-corrected chi connectivity index (χ0v) is 8.66. The van der Waals surface area contributed by atoms with Crippen LogP contribution in [-0.4, -0.2) is 12.2 Å². The van der Waals surface area contributed by atoms with Gasteiger partial charge in [0.15, 0.2) is 0 Å². The maximum absolute atomic E-state index is 12.6. The van der Waals surface area contributed by atoms with Gasteiger partial charge in [0.25, 0.3) is 0 Å². The summed E-state index contributed by atoms with van der Waals surface area (Å²) in [4.78, 5) is 0. The Morgan fingerprint density at radius 2 is 2.00 bits per heavy atom. The van der Waals surface area contributed by atoms with Crippen LogP contribution in [0, 0.1) is 17.1 Å². The summed E-state index contributed by atoms with van der Waals surface area (Å²) in [5, 5.41) is 8.49. The molecular weight excluding hydrogens is 210 g/mol. The molecule has 0 bridgehead atoms. The van der Waals surface area contributed by atoms with Crippen LogP contribution in [0.1, 0.15) is 12.0 Å². The minimum Gasteiger partial charge on any atom is -0.319 e. The number of nitriles is 1. The number of nitrogens with two attached hydrogens (primary N) is 1. The van der Waals surface area contributed by atoms with Crippen LogP contribution in [0.15, 0.2) is 30.3 Å². The maximum atomic E-state index is 12.6. The first-order chi connectivity index (χ1) is 7.59. The summed E-state index contributed by atoms with van der Waals surface area (Å²) in [5.74, 6) is -0.335. The van der Waals surface area contributed by atoms with Crippen molar-refractivity contribution in [2.75, 3.05) is 6.67 Å². The Morgan fingerprint density at radius 3 is 2.50 bits per heavy atom. The average molecular weight is 222 g/mol. The highest BCUT2D eigenvalue weighted by molar-refractivity contribution is 5.50. The second-order valence-electron chi connectivity index (χ2n) is 3.59. The van der Waals surface area contributed by atoms with Crippen LogP contribution in [0.3, 0.4) is 0 Å². The molecule has 0 saturated carbocycles. The number of hydrogen-bond acceptors (Lipinski definition) is 2. The molecule has 0 saturated heterocycles. The number of nitrogens with zero attached hydrogens (tertiary/aromatic N) is 1. The third kappa shape index (κ3) is 3.44. The third-order valence-corrected chi connectivity index (χ3v) is 2.13. The second kappa shape index (κ2) is 5.38. The molecule has 1 aromatic carbocycles. The van der Waals surface area contributed by atoms with Gasteiger partial charge in [0.2, 0.25) is 0 Å². The topological polar surface area (TPSA) is 49.8 Å². The fourth-order valence-electron chi connectivity index (χ4n) is 1.13. The van der Waals surface area contributed by atoms with Gasteiger partial charge in [-0.3, -0.25) is 0 Å². The van der Waals surface area contributed by atoms with Crippen LogP contribution < -0.4 is 5.73 Å². The van der Waals surface area contributed by atoms with E-state index in [0.29, 0.717) is 5.56 Å². The summed E-state index contributed by atoms with van der Waals surface area (Å²) < 4.78 is 25.2. The highest BCUT2D eigenvalue weighted by Gasteiger charge is 2.20. The van der Waals surface area contributed by atoms with E-state index >= 15 is 0 Å². The summed E-state index contributed by atoms with van der Waals surface area (Å²) >= 11 is 0.